The summed E-state index contributed by atoms with van der Waals surface area (Å²) in [7, 11) is 0. The minimum absolute atomic E-state index is 0.0284. The second kappa shape index (κ2) is 8.94. The van der Waals surface area contributed by atoms with E-state index in [1.54, 1.807) is 0 Å². The van der Waals surface area contributed by atoms with Gasteiger partial charge in [0.15, 0.2) is 0 Å². The van der Waals surface area contributed by atoms with Gasteiger partial charge >= 0.3 is 0 Å². The van der Waals surface area contributed by atoms with Crippen LogP contribution in [0.25, 0.3) is 0 Å². The first-order valence-electron chi connectivity index (χ1n) is 8.62. The van der Waals surface area contributed by atoms with Crippen molar-refractivity contribution in [2.24, 2.45) is 0 Å². The molecule has 1 amide bonds. The molecule has 0 aliphatic carbocycles. The smallest absolute Gasteiger partial charge is 0.234 e. The maximum absolute atomic E-state index is 12.3. The molecule has 0 unspecified atom stereocenters. The summed E-state index contributed by atoms with van der Waals surface area (Å²) in [4.78, 5) is 18.4. The van der Waals surface area contributed by atoms with Crippen molar-refractivity contribution in [3.63, 3.8) is 0 Å². The Hall–Kier alpha value is -1.21. The SMILES string of the molecule is C[C@H](NC(=O)CN1CCN(Cc2cccs2)CC1)c1ccc(Br)cc1. The number of rotatable bonds is 6. The molecule has 2 heterocycles. The lowest BCUT2D eigenvalue weighted by Gasteiger charge is -2.34. The molecule has 0 spiro atoms. The average Bonchev–Trinajstić information content (AvgIpc) is 3.10. The fourth-order valence-corrected chi connectivity index (χ4v) is 4.06. The number of halogens is 1. The van der Waals surface area contributed by atoms with Crippen molar-refractivity contribution in [1.82, 2.24) is 15.1 Å². The van der Waals surface area contributed by atoms with E-state index >= 15 is 0 Å². The summed E-state index contributed by atoms with van der Waals surface area (Å²) < 4.78 is 1.05. The number of benzene rings is 1. The Bertz CT molecular complexity index is 666. The number of amides is 1. The van der Waals surface area contributed by atoms with E-state index in [4.69, 9.17) is 0 Å². The van der Waals surface area contributed by atoms with Gasteiger partial charge in [-0.15, -0.1) is 11.3 Å². The van der Waals surface area contributed by atoms with Crippen molar-refractivity contribution >= 4 is 33.2 Å². The third kappa shape index (κ3) is 5.64. The Labute approximate surface area is 162 Å². The largest absolute Gasteiger partial charge is 0.348 e. The summed E-state index contributed by atoms with van der Waals surface area (Å²) in [5.41, 5.74) is 1.12. The highest BCUT2D eigenvalue weighted by Gasteiger charge is 2.20. The van der Waals surface area contributed by atoms with Crippen LogP contribution in [0, 0.1) is 0 Å². The van der Waals surface area contributed by atoms with E-state index in [1.165, 1.54) is 4.88 Å². The van der Waals surface area contributed by atoms with Gasteiger partial charge in [-0.1, -0.05) is 34.1 Å². The second-order valence-corrected chi connectivity index (χ2v) is 8.42. The van der Waals surface area contributed by atoms with Crippen LogP contribution in [0.15, 0.2) is 46.3 Å². The van der Waals surface area contributed by atoms with Crippen molar-refractivity contribution in [3.05, 3.63) is 56.7 Å². The second-order valence-electron chi connectivity index (χ2n) is 6.47. The molecule has 1 aromatic heterocycles. The lowest BCUT2D eigenvalue weighted by molar-refractivity contribution is -0.123. The van der Waals surface area contributed by atoms with Gasteiger partial charge in [0.2, 0.25) is 5.91 Å². The molecule has 25 heavy (non-hydrogen) atoms. The molecular formula is C19H24BrN3OS. The quantitative estimate of drug-likeness (QED) is 0.774. The molecule has 0 radical (unpaired) electrons. The predicted octanol–water partition coefficient (Wildman–Crippen LogP) is 3.51. The summed E-state index contributed by atoms with van der Waals surface area (Å²) >= 11 is 5.25. The third-order valence-corrected chi connectivity index (χ3v) is 5.93. The lowest BCUT2D eigenvalue weighted by atomic mass is 10.1. The molecule has 1 N–H and O–H groups in total. The number of hydrogen-bond donors (Lipinski definition) is 1. The number of hydrogen-bond acceptors (Lipinski definition) is 4. The molecule has 1 saturated heterocycles. The third-order valence-electron chi connectivity index (χ3n) is 4.54. The maximum Gasteiger partial charge on any atom is 0.234 e. The van der Waals surface area contributed by atoms with Gasteiger partial charge in [-0.3, -0.25) is 14.6 Å². The Kier molecular flexibility index (Phi) is 6.64. The van der Waals surface area contributed by atoms with Crippen LogP contribution in [-0.4, -0.2) is 48.4 Å². The Morgan fingerprint density at radius 1 is 1.16 bits per heavy atom. The topological polar surface area (TPSA) is 35.6 Å². The molecule has 1 fully saturated rings. The highest BCUT2D eigenvalue weighted by molar-refractivity contribution is 9.10. The summed E-state index contributed by atoms with van der Waals surface area (Å²) in [6.45, 7) is 7.48. The van der Waals surface area contributed by atoms with E-state index in [1.807, 2.05) is 42.5 Å². The van der Waals surface area contributed by atoms with Gasteiger partial charge in [0, 0.05) is 42.1 Å². The van der Waals surface area contributed by atoms with Crippen LogP contribution in [0.1, 0.15) is 23.4 Å². The number of carbonyl (C=O) groups is 1. The predicted molar refractivity (Wildman–Crippen MR) is 107 cm³/mol. The van der Waals surface area contributed by atoms with E-state index in [-0.39, 0.29) is 11.9 Å². The van der Waals surface area contributed by atoms with Gasteiger partial charge in [-0.25, -0.2) is 0 Å². The highest BCUT2D eigenvalue weighted by atomic mass is 79.9. The standard InChI is InChI=1S/C19H24BrN3OS/c1-15(16-4-6-17(20)7-5-16)21-19(24)14-23-10-8-22(9-11-23)13-18-3-2-12-25-18/h2-7,12,15H,8-11,13-14H2,1H3,(H,21,24)/t15-/m0/s1. The fourth-order valence-electron chi connectivity index (χ4n) is 3.05. The van der Waals surface area contributed by atoms with E-state index in [9.17, 15) is 4.79 Å². The number of nitrogens with one attached hydrogen (secondary N) is 1. The first-order valence-corrected chi connectivity index (χ1v) is 10.3. The number of thiophene rings is 1. The van der Waals surface area contributed by atoms with Crippen molar-refractivity contribution in [1.29, 1.82) is 0 Å². The normalized spacial score (nSPS) is 17.4. The molecule has 1 aromatic carbocycles. The number of piperazine rings is 1. The van der Waals surface area contributed by atoms with Crippen molar-refractivity contribution in [2.45, 2.75) is 19.5 Å². The monoisotopic (exact) mass is 421 g/mol. The van der Waals surface area contributed by atoms with Crippen molar-refractivity contribution in [2.75, 3.05) is 32.7 Å². The number of carbonyl (C=O) groups excluding carboxylic acids is 1. The van der Waals surface area contributed by atoms with Crippen molar-refractivity contribution < 1.29 is 4.79 Å². The molecule has 1 aliphatic rings. The maximum atomic E-state index is 12.3. The van der Waals surface area contributed by atoms with E-state index in [0.29, 0.717) is 6.54 Å². The fraction of sp³-hybridized carbons (Fsp3) is 0.421. The van der Waals surface area contributed by atoms with Gasteiger partial charge < -0.3 is 5.32 Å². The zero-order valence-corrected chi connectivity index (χ0v) is 16.9. The van der Waals surface area contributed by atoms with Crippen LogP contribution in [0.4, 0.5) is 0 Å². The van der Waals surface area contributed by atoms with Crippen molar-refractivity contribution in [3.8, 4) is 0 Å². The van der Waals surface area contributed by atoms with Gasteiger partial charge in [-0.05, 0) is 36.1 Å². The molecule has 0 bridgehead atoms. The molecule has 3 rings (SSSR count). The van der Waals surface area contributed by atoms with Crippen LogP contribution in [-0.2, 0) is 11.3 Å². The molecule has 4 nitrogen and oxygen atoms in total. The van der Waals surface area contributed by atoms with Crippen LogP contribution in [0.2, 0.25) is 0 Å². The Morgan fingerprint density at radius 2 is 1.84 bits per heavy atom. The summed E-state index contributed by atoms with van der Waals surface area (Å²) in [5, 5.41) is 5.23. The summed E-state index contributed by atoms with van der Waals surface area (Å²) in [5.74, 6) is 0.0992. The van der Waals surface area contributed by atoms with Crippen LogP contribution < -0.4 is 5.32 Å². The minimum Gasteiger partial charge on any atom is -0.348 e. The van der Waals surface area contributed by atoms with E-state index in [2.05, 4.69) is 48.6 Å². The zero-order valence-electron chi connectivity index (χ0n) is 14.5. The molecule has 2 aromatic rings. The minimum atomic E-state index is 0.0284. The van der Waals surface area contributed by atoms with Crippen LogP contribution in [0.5, 0.6) is 0 Å². The highest BCUT2D eigenvalue weighted by Crippen LogP contribution is 2.17. The molecule has 0 saturated carbocycles. The first-order chi connectivity index (χ1) is 12.1. The average molecular weight is 422 g/mol. The Balaban J connectivity index is 1.40. The number of nitrogens with zero attached hydrogens (tertiary/aromatic N) is 2. The van der Waals surface area contributed by atoms with Gasteiger partial charge in [0.1, 0.15) is 0 Å². The molecular weight excluding hydrogens is 398 g/mol. The molecule has 6 heteroatoms. The first kappa shape index (κ1) is 18.6. The summed E-state index contributed by atoms with van der Waals surface area (Å²) in [6.07, 6.45) is 0. The Morgan fingerprint density at radius 3 is 2.48 bits per heavy atom. The van der Waals surface area contributed by atoms with Crippen LogP contribution >= 0.6 is 27.3 Å². The zero-order chi connectivity index (χ0) is 17.6. The molecule has 134 valence electrons. The molecule has 1 atom stereocenters. The van der Waals surface area contributed by atoms with E-state index in [0.717, 1.165) is 42.8 Å². The molecule has 1 aliphatic heterocycles. The summed E-state index contributed by atoms with van der Waals surface area (Å²) in [6, 6.07) is 12.4. The van der Waals surface area contributed by atoms with Gasteiger partial charge in [-0.2, -0.15) is 0 Å². The van der Waals surface area contributed by atoms with Gasteiger partial charge in [0.25, 0.3) is 0 Å². The lowest BCUT2D eigenvalue weighted by Crippen LogP contribution is -2.49. The van der Waals surface area contributed by atoms with Gasteiger partial charge in [0.05, 0.1) is 12.6 Å². The van der Waals surface area contributed by atoms with E-state index < -0.39 is 0 Å². The van der Waals surface area contributed by atoms with Crippen LogP contribution in [0.3, 0.4) is 0 Å².